The maximum atomic E-state index is 6.16. The van der Waals surface area contributed by atoms with E-state index in [2.05, 4.69) is 10.3 Å². The zero-order chi connectivity index (χ0) is 12.0. The maximum absolute atomic E-state index is 6.16. The summed E-state index contributed by atoms with van der Waals surface area (Å²) in [6.45, 7) is 2.61. The van der Waals surface area contributed by atoms with Crippen molar-refractivity contribution in [3.8, 4) is 0 Å². The van der Waals surface area contributed by atoms with Gasteiger partial charge in [0.05, 0.1) is 12.2 Å². The van der Waals surface area contributed by atoms with Crippen LogP contribution in [0.1, 0.15) is 13.1 Å². The van der Waals surface area contributed by atoms with Gasteiger partial charge in [-0.05, 0) is 6.92 Å². The lowest BCUT2D eigenvalue weighted by molar-refractivity contribution is 0.392. The lowest BCUT2D eigenvalue weighted by atomic mass is 10.3. The lowest BCUT2D eigenvalue weighted by Gasteiger charge is -2.29. The summed E-state index contributed by atoms with van der Waals surface area (Å²) in [7, 11) is 0. The molecule has 0 bridgehead atoms. The second-order valence-electron chi connectivity index (χ2n) is 3.28. The second kappa shape index (κ2) is 6.50. The van der Waals surface area contributed by atoms with Gasteiger partial charge in [0.1, 0.15) is 6.17 Å². The minimum atomic E-state index is -1.08. The van der Waals surface area contributed by atoms with Crippen LogP contribution in [0.25, 0.3) is 0 Å². The molecule has 90 valence electrons. The summed E-state index contributed by atoms with van der Waals surface area (Å²) in [5.41, 5.74) is 0. The predicted octanol–water partition coefficient (Wildman–Crippen LogP) is 2.96. The molecule has 16 heavy (non-hydrogen) atoms. The van der Waals surface area contributed by atoms with Crippen LogP contribution in [-0.4, -0.2) is 26.3 Å². The monoisotopic (exact) mass is 281 g/mol. The largest absolute Gasteiger partial charge is 0.318 e. The van der Waals surface area contributed by atoms with Gasteiger partial charge < -0.3 is 4.57 Å². The molecule has 1 unspecified atom stereocenters. The van der Waals surface area contributed by atoms with Gasteiger partial charge in [0, 0.05) is 18.9 Å². The van der Waals surface area contributed by atoms with Crippen molar-refractivity contribution in [2.45, 2.75) is 17.4 Å². The van der Waals surface area contributed by atoms with Crippen LogP contribution in [0.4, 0.5) is 0 Å². The molecule has 1 N–H and O–H groups in total. The van der Waals surface area contributed by atoms with Crippen molar-refractivity contribution in [3.63, 3.8) is 0 Å². The number of hydrogen-bond donors (Lipinski definition) is 1. The van der Waals surface area contributed by atoms with Crippen LogP contribution in [0, 0.1) is 0 Å². The van der Waals surface area contributed by atoms with Crippen molar-refractivity contribution in [1.82, 2.24) is 14.9 Å². The molecule has 0 radical (unpaired) electrons. The standard InChI is InChI=1S/C10H14Cl3N3/c1-2-3-4-15-9(10(12,13)7-11)16-6-5-14-8-16/h2-3,5-6,8-9,15H,4,7H2,1H3. The van der Waals surface area contributed by atoms with Gasteiger partial charge in [-0.1, -0.05) is 35.4 Å². The first-order chi connectivity index (χ1) is 7.61. The molecule has 6 heteroatoms. The molecule has 1 heterocycles. The smallest absolute Gasteiger partial charge is 0.165 e. The number of rotatable bonds is 6. The molecule has 0 aliphatic carbocycles. The van der Waals surface area contributed by atoms with Crippen LogP contribution in [0.3, 0.4) is 0 Å². The molecule has 3 nitrogen and oxygen atoms in total. The van der Waals surface area contributed by atoms with Gasteiger partial charge in [0.2, 0.25) is 0 Å². The fraction of sp³-hybridized carbons (Fsp3) is 0.500. The van der Waals surface area contributed by atoms with Gasteiger partial charge in [0.15, 0.2) is 4.33 Å². The molecular weight excluding hydrogens is 268 g/mol. The summed E-state index contributed by atoms with van der Waals surface area (Å²) in [4.78, 5) is 3.96. The van der Waals surface area contributed by atoms with Gasteiger partial charge in [-0.15, -0.1) is 11.6 Å². The Bertz CT molecular complexity index is 322. The van der Waals surface area contributed by atoms with E-state index in [9.17, 15) is 0 Å². The molecule has 0 aliphatic heterocycles. The number of imidazole rings is 1. The number of halogens is 3. The average Bonchev–Trinajstić information content (AvgIpc) is 2.77. The van der Waals surface area contributed by atoms with Gasteiger partial charge in [-0.25, -0.2) is 4.98 Å². The zero-order valence-corrected chi connectivity index (χ0v) is 11.2. The van der Waals surface area contributed by atoms with Crippen LogP contribution in [0.15, 0.2) is 30.9 Å². The molecule has 1 aromatic rings. The van der Waals surface area contributed by atoms with Crippen LogP contribution in [0.5, 0.6) is 0 Å². The van der Waals surface area contributed by atoms with Crippen molar-refractivity contribution in [3.05, 3.63) is 30.9 Å². The molecule has 0 spiro atoms. The summed E-state index contributed by atoms with van der Waals surface area (Å²) in [6.07, 6.45) is 8.72. The van der Waals surface area contributed by atoms with Gasteiger partial charge in [-0.2, -0.15) is 0 Å². The Balaban J connectivity index is 2.78. The maximum Gasteiger partial charge on any atom is 0.165 e. The average molecular weight is 283 g/mol. The minimum Gasteiger partial charge on any atom is -0.318 e. The fourth-order valence-electron chi connectivity index (χ4n) is 1.27. The van der Waals surface area contributed by atoms with E-state index in [1.54, 1.807) is 23.3 Å². The number of nitrogens with zero attached hydrogens (tertiary/aromatic N) is 2. The topological polar surface area (TPSA) is 29.9 Å². The molecule has 1 atom stereocenters. The number of aromatic nitrogens is 2. The molecule has 0 aromatic carbocycles. The SMILES string of the molecule is CC=CCNC(n1ccnc1)C(Cl)(Cl)CCl. The summed E-state index contributed by atoms with van der Waals surface area (Å²) in [5.74, 6) is 0.127. The van der Waals surface area contributed by atoms with E-state index in [1.165, 1.54) is 0 Å². The first-order valence-electron chi connectivity index (χ1n) is 4.87. The number of hydrogen-bond acceptors (Lipinski definition) is 2. The van der Waals surface area contributed by atoms with Gasteiger partial charge in [0.25, 0.3) is 0 Å². The van der Waals surface area contributed by atoms with Crippen molar-refractivity contribution in [2.24, 2.45) is 0 Å². The number of nitrogens with one attached hydrogen (secondary N) is 1. The first-order valence-corrected chi connectivity index (χ1v) is 6.16. The molecule has 0 amide bonds. The fourth-order valence-corrected chi connectivity index (χ4v) is 1.79. The normalized spacial score (nSPS) is 14.5. The van der Waals surface area contributed by atoms with Crippen molar-refractivity contribution < 1.29 is 0 Å². The van der Waals surface area contributed by atoms with Gasteiger partial charge in [-0.3, -0.25) is 5.32 Å². The predicted molar refractivity (Wildman–Crippen MR) is 69.2 cm³/mol. The third kappa shape index (κ3) is 3.67. The Morgan fingerprint density at radius 2 is 2.31 bits per heavy atom. The Hall–Kier alpha value is -0.220. The second-order valence-corrected chi connectivity index (χ2v) is 5.09. The Morgan fingerprint density at radius 1 is 1.56 bits per heavy atom. The summed E-state index contributed by atoms with van der Waals surface area (Å²) in [6, 6.07) is 0. The Labute approximate surface area is 110 Å². The molecular formula is C10H14Cl3N3. The number of allylic oxidation sites excluding steroid dienone is 1. The van der Waals surface area contributed by atoms with Crippen molar-refractivity contribution in [2.75, 3.05) is 12.4 Å². The lowest BCUT2D eigenvalue weighted by Crippen LogP contribution is -2.40. The van der Waals surface area contributed by atoms with Gasteiger partial charge >= 0.3 is 0 Å². The molecule has 0 fully saturated rings. The van der Waals surface area contributed by atoms with E-state index >= 15 is 0 Å². The quantitative estimate of drug-likeness (QED) is 0.642. The van der Waals surface area contributed by atoms with E-state index in [0.717, 1.165) is 0 Å². The summed E-state index contributed by atoms with van der Waals surface area (Å²) in [5, 5.41) is 3.20. The minimum absolute atomic E-state index is 0.127. The first kappa shape index (κ1) is 13.8. The van der Waals surface area contributed by atoms with Crippen LogP contribution in [-0.2, 0) is 0 Å². The Morgan fingerprint density at radius 3 is 2.81 bits per heavy atom. The van der Waals surface area contributed by atoms with E-state index in [4.69, 9.17) is 34.8 Å². The molecule has 1 aromatic heterocycles. The van der Waals surface area contributed by atoms with E-state index in [0.29, 0.717) is 6.54 Å². The highest BCUT2D eigenvalue weighted by molar-refractivity contribution is 6.51. The Kier molecular flexibility index (Phi) is 5.62. The highest BCUT2D eigenvalue weighted by Crippen LogP contribution is 2.33. The molecule has 0 aliphatic rings. The molecule has 0 saturated heterocycles. The van der Waals surface area contributed by atoms with E-state index in [-0.39, 0.29) is 12.0 Å². The van der Waals surface area contributed by atoms with Crippen LogP contribution in [0.2, 0.25) is 0 Å². The molecule has 1 rings (SSSR count). The highest BCUT2D eigenvalue weighted by atomic mass is 35.5. The third-order valence-corrected chi connectivity index (χ3v) is 3.44. The summed E-state index contributed by atoms with van der Waals surface area (Å²) < 4.78 is 0.718. The number of alkyl halides is 3. The van der Waals surface area contributed by atoms with Crippen molar-refractivity contribution >= 4 is 34.8 Å². The van der Waals surface area contributed by atoms with Crippen LogP contribution < -0.4 is 5.32 Å². The van der Waals surface area contributed by atoms with E-state index < -0.39 is 4.33 Å². The van der Waals surface area contributed by atoms with E-state index in [1.807, 2.05) is 19.1 Å². The highest BCUT2D eigenvalue weighted by Gasteiger charge is 2.34. The molecule has 0 saturated carbocycles. The summed E-state index contributed by atoms with van der Waals surface area (Å²) >= 11 is 18.1. The van der Waals surface area contributed by atoms with Crippen molar-refractivity contribution in [1.29, 1.82) is 0 Å². The zero-order valence-electron chi connectivity index (χ0n) is 8.91. The van der Waals surface area contributed by atoms with Crippen LogP contribution >= 0.6 is 34.8 Å². The third-order valence-electron chi connectivity index (χ3n) is 2.07.